The summed E-state index contributed by atoms with van der Waals surface area (Å²) in [7, 11) is 0. The van der Waals surface area contributed by atoms with Gasteiger partial charge in [0.25, 0.3) is 0 Å². The third-order valence-electron chi connectivity index (χ3n) is 4.80. The van der Waals surface area contributed by atoms with Crippen molar-refractivity contribution in [3.63, 3.8) is 0 Å². The standard InChI is InChI=1S/C18H29ClN2/c1-13(2)21-11-15-5-7-18(3,4)10-16(15)9-14-6-8-20-12-17(14)19/h6,8,12-13,15-16,21H,5,7,9-11H2,1-4H3. The number of hydrogen-bond donors (Lipinski definition) is 1. The second kappa shape index (κ2) is 7.11. The van der Waals surface area contributed by atoms with Crippen LogP contribution in [0.2, 0.25) is 5.02 Å². The van der Waals surface area contributed by atoms with Gasteiger partial charge in [0.15, 0.2) is 0 Å². The van der Waals surface area contributed by atoms with E-state index in [-0.39, 0.29) is 0 Å². The minimum Gasteiger partial charge on any atom is -0.314 e. The van der Waals surface area contributed by atoms with Gasteiger partial charge in [0.2, 0.25) is 0 Å². The van der Waals surface area contributed by atoms with Crippen LogP contribution >= 0.6 is 11.6 Å². The van der Waals surface area contributed by atoms with Crippen molar-refractivity contribution < 1.29 is 0 Å². The van der Waals surface area contributed by atoms with Crippen LogP contribution < -0.4 is 5.32 Å². The van der Waals surface area contributed by atoms with Gasteiger partial charge in [0.1, 0.15) is 0 Å². The average molecular weight is 309 g/mol. The van der Waals surface area contributed by atoms with Crippen LogP contribution in [-0.4, -0.2) is 17.6 Å². The molecule has 0 bridgehead atoms. The van der Waals surface area contributed by atoms with Gasteiger partial charge >= 0.3 is 0 Å². The van der Waals surface area contributed by atoms with Gasteiger partial charge in [0.05, 0.1) is 5.02 Å². The van der Waals surface area contributed by atoms with E-state index in [0.717, 1.165) is 23.9 Å². The second-order valence-corrected chi connectivity index (χ2v) is 8.07. The van der Waals surface area contributed by atoms with Gasteiger partial charge in [-0.15, -0.1) is 0 Å². The minimum atomic E-state index is 0.457. The van der Waals surface area contributed by atoms with Gasteiger partial charge in [-0.2, -0.15) is 0 Å². The minimum absolute atomic E-state index is 0.457. The molecular formula is C18H29ClN2. The number of aromatic nitrogens is 1. The van der Waals surface area contributed by atoms with Crippen LogP contribution in [0.4, 0.5) is 0 Å². The first-order chi connectivity index (χ1) is 9.87. The first-order valence-corrected chi connectivity index (χ1v) is 8.57. The van der Waals surface area contributed by atoms with Gasteiger partial charge in [-0.25, -0.2) is 0 Å². The molecule has 3 heteroatoms. The molecule has 2 unspecified atom stereocenters. The Labute approximate surface area is 134 Å². The first kappa shape index (κ1) is 16.8. The predicted octanol–water partition coefficient (Wildman–Crippen LogP) is 4.72. The molecule has 1 N–H and O–H groups in total. The van der Waals surface area contributed by atoms with Crippen molar-refractivity contribution in [2.75, 3.05) is 6.54 Å². The Morgan fingerprint density at radius 3 is 2.81 bits per heavy atom. The molecule has 1 aliphatic rings. The molecule has 1 saturated carbocycles. The maximum Gasteiger partial charge on any atom is 0.0621 e. The van der Waals surface area contributed by atoms with Crippen molar-refractivity contribution in [3.05, 3.63) is 29.0 Å². The van der Waals surface area contributed by atoms with Crippen LogP contribution in [0.25, 0.3) is 0 Å². The summed E-state index contributed by atoms with van der Waals surface area (Å²) in [6, 6.07) is 2.64. The Bertz CT molecular complexity index is 454. The third-order valence-corrected chi connectivity index (χ3v) is 5.14. The zero-order valence-electron chi connectivity index (χ0n) is 13.8. The highest BCUT2D eigenvalue weighted by molar-refractivity contribution is 6.31. The molecule has 2 atom stereocenters. The number of halogens is 1. The zero-order chi connectivity index (χ0) is 15.5. The smallest absolute Gasteiger partial charge is 0.0621 e. The SMILES string of the molecule is CC(C)NCC1CCC(C)(C)CC1Cc1ccncc1Cl. The fraction of sp³-hybridized carbons (Fsp3) is 0.722. The fourth-order valence-corrected chi connectivity index (χ4v) is 3.73. The van der Waals surface area contributed by atoms with Gasteiger partial charge < -0.3 is 5.32 Å². The topological polar surface area (TPSA) is 24.9 Å². The fourth-order valence-electron chi connectivity index (χ4n) is 3.54. The normalized spacial score (nSPS) is 25.2. The first-order valence-electron chi connectivity index (χ1n) is 8.19. The molecule has 0 radical (unpaired) electrons. The van der Waals surface area contributed by atoms with E-state index in [9.17, 15) is 0 Å². The Hall–Kier alpha value is -0.600. The van der Waals surface area contributed by atoms with Crippen molar-refractivity contribution in [2.24, 2.45) is 17.3 Å². The summed E-state index contributed by atoms with van der Waals surface area (Å²) in [6.07, 6.45) is 8.65. The maximum absolute atomic E-state index is 6.31. The average Bonchev–Trinajstić information content (AvgIpc) is 2.39. The van der Waals surface area contributed by atoms with E-state index >= 15 is 0 Å². The molecule has 1 fully saturated rings. The molecule has 1 aromatic rings. The van der Waals surface area contributed by atoms with E-state index < -0.39 is 0 Å². The van der Waals surface area contributed by atoms with Crippen LogP contribution in [0.3, 0.4) is 0 Å². The van der Waals surface area contributed by atoms with E-state index in [0.29, 0.717) is 17.4 Å². The largest absolute Gasteiger partial charge is 0.314 e. The lowest BCUT2D eigenvalue weighted by atomic mass is 9.65. The Morgan fingerprint density at radius 2 is 2.14 bits per heavy atom. The summed E-state index contributed by atoms with van der Waals surface area (Å²) in [5.41, 5.74) is 1.71. The molecule has 2 nitrogen and oxygen atoms in total. The quantitative estimate of drug-likeness (QED) is 0.851. The summed E-state index contributed by atoms with van der Waals surface area (Å²) < 4.78 is 0. The summed E-state index contributed by atoms with van der Waals surface area (Å²) in [4.78, 5) is 4.10. The summed E-state index contributed by atoms with van der Waals surface area (Å²) in [5, 5.41) is 4.44. The molecule has 2 rings (SSSR count). The highest BCUT2D eigenvalue weighted by atomic mass is 35.5. The zero-order valence-corrected chi connectivity index (χ0v) is 14.6. The Kier molecular flexibility index (Phi) is 5.67. The van der Waals surface area contributed by atoms with Gasteiger partial charge in [0, 0.05) is 18.4 Å². The predicted molar refractivity (Wildman–Crippen MR) is 90.7 cm³/mol. The molecular weight excluding hydrogens is 280 g/mol. The lowest BCUT2D eigenvalue weighted by Crippen LogP contribution is -2.38. The van der Waals surface area contributed by atoms with Crippen molar-refractivity contribution in [2.45, 2.75) is 59.4 Å². The molecule has 1 heterocycles. The van der Waals surface area contributed by atoms with E-state index in [1.807, 2.05) is 6.20 Å². The lowest BCUT2D eigenvalue weighted by Gasteiger charge is -2.41. The van der Waals surface area contributed by atoms with Crippen LogP contribution in [0.15, 0.2) is 18.5 Å². The molecule has 1 aliphatic carbocycles. The van der Waals surface area contributed by atoms with Crippen molar-refractivity contribution in [1.82, 2.24) is 10.3 Å². The number of hydrogen-bond acceptors (Lipinski definition) is 2. The van der Waals surface area contributed by atoms with Crippen molar-refractivity contribution >= 4 is 11.6 Å². The third kappa shape index (κ3) is 4.96. The maximum atomic E-state index is 6.31. The molecule has 0 spiro atoms. The number of nitrogens with zero attached hydrogens (tertiary/aromatic N) is 1. The van der Waals surface area contributed by atoms with E-state index in [4.69, 9.17) is 11.6 Å². The molecule has 118 valence electrons. The van der Waals surface area contributed by atoms with Crippen LogP contribution in [0.1, 0.15) is 52.5 Å². The van der Waals surface area contributed by atoms with Crippen LogP contribution in [0, 0.1) is 17.3 Å². The molecule has 0 amide bonds. The Morgan fingerprint density at radius 1 is 1.38 bits per heavy atom. The second-order valence-electron chi connectivity index (χ2n) is 7.66. The van der Waals surface area contributed by atoms with Crippen molar-refractivity contribution in [3.8, 4) is 0 Å². The molecule has 0 aliphatic heterocycles. The summed E-state index contributed by atoms with van der Waals surface area (Å²) in [5.74, 6) is 1.46. The molecule has 0 aromatic carbocycles. The van der Waals surface area contributed by atoms with E-state index in [2.05, 4.69) is 44.1 Å². The van der Waals surface area contributed by atoms with Gasteiger partial charge in [-0.05, 0) is 61.1 Å². The van der Waals surface area contributed by atoms with Crippen molar-refractivity contribution in [1.29, 1.82) is 0 Å². The molecule has 1 aromatic heterocycles. The lowest BCUT2D eigenvalue weighted by molar-refractivity contribution is 0.114. The van der Waals surface area contributed by atoms with Crippen LogP contribution in [-0.2, 0) is 6.42 Å². The highest BCUT2D eigenvalue weighted by Crippen LogP contribution is 2.43. The Balaban J connectivity index is 2.08. The molecule has 0 saturated heterocycles. The summed E-state index contributed by atoms with van der Waals surface area (Å²) in [6.45, 7) is 10.4. The van der Waals surface area contributed by atoms with E-state index in [1.54, 1.807) is 6.20 Å². The number of nitrogens with one attached hydrogen (secondary N) is 1. The monoisotopic (exact) mass is 308 g/mol. The summed E-state index contributed by atoms with van der Waals surface area (Å²) >= 11 is 6.31. The van der Waals surface area contributed by atoms with Crippen LogP contribution in [0.5, 0.6) is 0 Å². The van der Waals surface area contributed by atoms with E-state index in [1.165, 1.54) is 24.8 Å². The number of rotatable bonds is 5. The van der Waals surface area contributed by atoms with Gasteiger partial charge in [-0.3, -0.25) is 4.98 Å². The number of pyridine rings is 1. The highest BCUT2D eigenvalue weighted by Gasteiger charge is 2.34. The van der Waals surface area contributed by atoms with Gasteiger partial charge in [-0.1, -0.05) is 39.3 Å². The molecule has 21 heavy (non-hydrogen) atoms.